The van der Waals surface area contributed by atoms with Crippen LogP contribution in [0.3, 0.4) is 0 Å². The molecule has 0 atom stereocenters. The van der Waals surface area contributed by atoms with Crippen LogP contribution in [0.1, 0.15) is 51.9 Å². The molecule has 1 fully saturated rings. The van der Waals surface area contributed by atoms with E-state index in [-0.39, 0.29) is 12.3 Å². The van der Waals surface area contributed by atoms with Crippen LogP contribution >= 0.6 is 11.8 Å². The summed E-state index contributed by atoms with van der Waals surface area (Å²) >= 11 is 1.79. The average Bonchev–Trinajstić information content (AvgIpc) is 2.25. The summed E-state index contributed by atoms with van der Waals surface area (Å²) in [6, 6.07) is 0. The third kappa shape index (κ3) is 5.29. The molecule has 1 aliphatic rings. The van der Waals surface area contributed by atoms with Gasteiger partial charge in [-0.25, -0.2) is 0 Å². The molecular formula is C13H23NO3S. The lowest BCUT2D eigenvalue weighted by atomic mass is 9.74. The molecule has 0 bridgehead atoms. The Kier molecular flexibility index (Phi) is 6.54. The number of rotatable bonds is 9. The van der Waals surface area contributed by atoms with Crippen LogP contribution in [0.2, 0.25) is 0 Å². The molecule has 5 heteroatoms. The molecule has 2 N–H and O–H groups in total. The van der Waals surface area contributed by atoms with E-state index < -0.39 is 11.5 Å². The number of carboxylic acids is 1. The second-order valence-corrected chi connectivity index (χ2v) is 6.19. The van der Waals surface area contributed by atoms with Crippen LogP contribution in [-0.2, 0) is 9.59 Å². The van der Waals surface area contributed by atoms with Gasteiger partial charge < -0.3 is 10.4 Å². The molecule has 0 heterocycles. The number of thioether (sulfide) groups is 1. The molecule has 1 aliphatic carbocycles. The van der Waals surface area contributed by atoms with Gasteiger partial charge in [-0.1, -0.05) is 13.3 Å². The molecule has 104 valence electrons. The Bertz CT molecular complexity index is 290. The first kappa shape index (κ1) is 15.3. The maximum Gasteiger partial charge on any atom is 0.305 e. The first-order chi connectivity index (χ1) is 8.58. The molecule has 1 saturated carbocycles. The van der Waals surface area contributed by atoms with Crippen LogP contribution in [0.4, 0.5) is 0 Å². The van der Waals surface area contributed by atoms with Crippen LogP contribution in [-0.4, -0.2) is 34.0 Å². The Balaban J connectivity index is 2.19. The van der Waals surface area contributed by atoms with Gasteiger partial charge in [-0.3, -0.25) is 9.59 Å². The van der Waals surface area contributed by atoms with Gasteiger partial charge in [0.15, 0.2) is 0 Å². The minimum absolute atomic E-state index is 0.0000477. The molecule has 0 saturated heterocycles. The molecule has 0 aliphatic heterocycles. The van der Waals surface area contributed by atoms with Crippen molar-refractivity contribution in [2.75, 3.05) is 11.5 Å². The van der Waals surface area contributed by atoms with E-state index in [1.54, 1.807) is 11.8 Å². The lowest BCUT2D eigenvalue weighted by molar-refractivity contribution is -0.140. The van der Waals surface area contributed by atoms with Gasteiger partial charge in [-0.15, -0.1) is 0 Å². The number of hydrogen-bond acceptors (Lipinski definition) is 3. The molecule has 1 rings (SSSR count). The predicted molar refractivity (Wildman–Crippen MR) is 73.8 cm³/mol. The standard InChI is InChI=1S/C13H23NO3S/c1-2-3-8-18-9-5-11(15)14-13(6-4-7-13)10-12(16)17/h2-10H2,1H3,(H,14,15)(H,16,17). The third-order valence-corrected chi connectivity index (χ3v) is 4.39. The third-order valence-electron chi connectivity index (χ3n) is 3.32. The van der Waals surface area contributed by atoms with E-state index in [0.29, 0.717) is 6.42 Å². The molecule has 0 aromatic heterocycles. The molecule has 0 unspecified atom stereocenters. The molecule has 0 aromatic carbocycles. The van der Waals surface area contributed by atoms with Gasteiger partial charge in [-0.2, -0.15) is 11.8 Å². The second kappa shape index (κ2) is 7.67. The minimum atomic E-state index is -0.827. The lowest BCUT2D eigenvalue weighted by Crippen LogP contribution is -2.54. The molecule has 0 aromatic rings. The maximum atomic E-state index is 11.7. The smallest absolute Gasteiger partial charge is 0.305 e. The van der Waals surface area contributed by atoms with E-state index in [9.17, 15) is 9.59 Å². The Hall–Kier alpha value is -0.710. The quantitative estimate of drug-likeness (QED) is 0.633. The fourth-order valence-corrected chi connectivity index (χ4v) is 3.14. The van der Waals surface area contributed by atoms with Crippen LogP contribution in [0.5, 0.6) is 0 Å². The van der Waals surface area contributed by atoms with Crippen molar-refractivity contribution in [3.8, 4) is 0 Å². The van der Waals surface area contributed by atoms with Crippen LogP contribution < -0.4 is 5.32 Å². The van der Waals surface area contributed by atoms with Crippen molar-refractivity contribution in [2.45, 2.75) is 57.4 Å². The summed E-state index contributed by atoms with van der Waals surface area (Å²) in [4.78, 5) is 22.5. The van der Waals surface area contributed by atoms with Gasteiger partial charge in [-0.05, 0) is 31.4 Å². The molecule has 0 radical (unpaired) electrons. The van der Waals surface area contributed by atoms with E-state index in [0.717, 1.165) is 30.8 Å². The van der Waals surface area contributed by atoms with Crippen molar-refractivity contribution in [2.24, 2.45) is 0 Å². The Morgan fingerprint density at radius 3 is 2.56 bits per heavy atom. The number of unbranched alkanes of at least 4 members (excludes halogenated alkanes) is 1. The van der Waals surface area contributed by atoms with E-state index in [1.165, 1.54) is 12.8 Å². The topological polar surface area (TPSA) is 66.4 Å². The normalized spacial score (nSPS) is 16.9. The van der Waals surface area contributed by atoms with E-state index >= 15 is 0 Å². The van der Waals surface area contributed by atoms with Crippen molar-refractivity contribution in [3.05, 3.63) is 0 Å². The summed E-state index contributed by atoms with van der Waals surface area (Å²) < 4.78 is 0. The zero-order chi connectivity index (χ0) is 13.4. The number of aliphatic carboxylic acids is 1. The van der Waals surface area contributed by atoms with Gasteiger partial charge in [0.05, 0.1) is 12.0 Å². The first-order valence-corrected chi connectivity index (χ1v) is 7.84. The molecular weight excluding hydrogens is 250 g/mol. The predicted octanol–water partition coefficient (Wildman–Crippen LogP) is 2.42. The molecule has 1 amide bonds. The number of carbonyl (C=O) groups is 2. The minimum Gasteiger partial charge on any atom is -0.481 e. The molecule has 18 heavy (non-hydrogen) atoms. The van der Waals surface area contributed by atoms with Gasteiger partial charge >= 0.3 is 5.97 Å². The number of carbonyl (C=O) groups excluding carboxylic acids is 1. The SMILES string of the molecule is CCCCSCCC(=O)NC1(CC(=O)O)CCC1. The van der Waals surface area contributed by atoms with Crippen LogP contribution in [0.25, 0.3) is 0 Å². The monoisotopic (exact) mass is 273 g/mol. The maximum absolute atomic E-state index is 11.7. The highest BCUT2D eigenvalue weighted by Gasteiger charge is 2.40. The van der Waals surface area contributed by atoms with Crippen molar-refractivity contribution in [1.29, 1.82) is 0 Å². The van der Waals surface area contributed by atoms with Crippen LogP contribution in [0.15, 0.2) is 0 Å². The highest BCUT2D eigenvalue weighted by Crippen LogP contribution is 2.35. The summed E-state index contributed by atoms with van der Waals surface area (Å²) in [6.07, 6.45) is 5.54. The number of hydrogen-bond donors (Lipinski definition) is 2. The first-order valence-electron chi connectivity index (χ1n) is 6.68. The number of nitrogens with one attached hydrogen (secondary N) is 1. The van der Waals surface area contributed by atoms with E-state index in [1.807, 2.05) is 0 Å². The van der Waals surface area contributed by atoms with Crippen molar-refractivity contribution >= 4 is 23.6 Å². The van der Waals surface area contributed by atoms with Crippen molar-refractivity contribution in [3.63, 3.8) is 0 Å². The summed E-state index contributed by atoms with van der Waals surface area (Å²) in [5.74, 6) is 1.10. The fourth-order valence-electron chi connectivity index (χ4n) is 2.11. The zero-order valence-electron chi connectivity index (χ0n) is 11.0. The Morgan fingerprint density at radius 1 is 1.33 bits per heavy atom. The van der Waals surface area contributed by atoms with Crippen molar-refractivity contribution < 1.29 is 14.7 Å². The number of amides is 1. The Morgan fingerprint density at radius 2 is 2.06 bits per heavy atom. The Labute approximate surface area is 113 Å². The van der Waals surface area contributed by atoms with Gasteiger partial charge in [0, 0.05) is 12.2 Å². The highest BCUT2D eigenvalue weighted by molar-refractivity contribution is 7.99. The largest absolute Gasteiger partial charge is 0.481 e. The van der Waals surface area contributed by atoms with Gasteiger partial charge in [0.25, 0.3) is 0 Å². The summed E-state index contributed by atoms with van der Waals surface area (Å²) in [7, 11) is 0. The van der Waals surface area contributed by atoms with Gasteiger partial charge in [0.1, 0.15) is 0 Å². The molecule has 0 spiro atoms. The van der Waals surface area contributed by atoms with E-state index in [2.05, 4.69) is 12.2 Å². The summed E-state index contributed by atoms with van der Waals surface area (Å²) in [5.41, 5.74) is -0.447. The second-order valence-electron chi connectivity index (χ2n) is 4.97. The number of carboxylic acid groups (broad SMARTS) is 1. The highest BCUT2D eigenvalue weighted by atomic mass is 32.2. The van der Waals surface area contributed by atoms with Crippen LogP contribution in [0, 0.1) is 0 Å². The van der Waals surface area contributed by atoms with Gasteiger partial charge in [0.2, 0.25) is 5.91 Å². The summed E-state index contributed by atoms with van der Waals surface area (Å²) in [6.45, 7) is 2.15. The van der Waals surface area contributed by atoms with Crippen molar-refractivity contribution in [1.82, 2.24) is 5.32 Å². The van der Waals surface area contributed by atoms with E-state index in [4.69, 9.17) is 5.11 Å². The molecule has 4 nitrogen and oxygen atoms in total. The lowest BCUT2D eigenvalue weighted by Gasteiger charge is -2.41. The zero-order valence-corrected chi connectivity index (χ0v) is 11.9. The average molecular weight is 273 g/mol. The fraction of sp³-hybridized carbons (Fsp3) is 0.846. The summed E-state index contributed by atoms with van der Waals surface area (Å²) in [5, 5.41) is 11.8.